The highest BCUT2D eigenvalue weighted by Crippen LogP contribution is 2.31. The summed E-state index contributed by atoms with van der Waals surface area (Å²) in [5, 5.41) is 18.5. The zero-order chi connectivity index (χ0) is 12.5. The van der Waals surface area contributed by atoms with Crippen molar-refractivity contribution in [1.82, 2.24) is 0 Å². The highest BCUT2D eigenvalue weighted by Gasteiger charge is 2.28. The van der Waals surface area contributed by atoms with Crippen molar-refractivity contribution < 1.29 is 15.0 Å². The molecule has 0 aliphatic carbocycles. The third-order valence-electron chi connectivity index (χ3n) is 2.05. The van der Waals surface area contributed by atoms with Crippen LogP contribution in [0.1, 0.15) is 20.8 Å². The fraction of sp³-hybridized carbons (Fsp3) is 0.364. The number of carbonyl (C=O) groups is 1. The number of carboxylic acid groups (broad SMARTS) is 1. The number of hydrogen-bond donors (Lipinski definition) is 2. The first kappa shape index (κ1) is 12.8. The molecule has 4 nitrogen and oxygen atoms in total. The molecule has 1 amide bonds. The summed E-state index contributed by atoms with van der Waals surface area (Å²) in [6, 6.07) is 4.61. The second-order valence-corrected chi connectivity index (χ2v) is 5.28. The van der Waals surface area contributed by atoms with Crippen LogP contribution in [0.5, 0.6) is 5.75 Å². The molecule has 0 spiro atoms. The topological polar surface area (TPSA) is 60.8 Å². The number of amides is 1. The van der Waals surface area contributed by atoms with E-state index in [0.717, 1.165) is 0 Å². The van der Waals surface area contributed by atoms with E-state index in [-0.39, 0.29) is 5.75 Å². The van der Waals surface area contributed by atoms with Crippen LogP contribution >= 0.6 is 15.9 Å². The number of rotatable bonds is 1. The first-order valence-corrected chi connectivity index (χ1v) is 5.54. The van der Waals surface area contributed by atoms with Crippen molar-refractivity contribution in [3.05, 3.63) is 22.7 Å². The summed E-state index contributed by atoms with van der Waals surface area (Å²) in [6.45, 7) is 5.42. The number of halogens is 1. The average Bonchev–Trinajstić information content (AvgIpc) is 2.08. The Labute approximate surface area is 103 Å². The maximum Gasteiger partial charge on any atom is 0.412 e. The van der Waals surface area contributed by atoms with E-state index in [4.69, 9.17) is 0 Å². The van der Waals surface area contributed by atoms with Crippen molar-refractivity contribution in [3.63, 3.8) is 0 Å². The normalized spacial score (nSPS) is 11.2. The van der Waals surface area contributed by atoms with Crippen molar-refractivity contribution in [2.24, 2.45) is 0 Å². The van der Waals surface area contributed by atoms with Gasteiger partial charge in [-0.3, -0.25) is 4.90 Å². The molecule has 0 bridgehead atoms. The molecule has 0 saturated heterocycles. The quantitative estimate of drug-likeness (QED) is 0.832. The van der Waals surface area contributed by atoms with E-state index < -0.39 is 11.6 Å². The van der Waals surface area contributed by atoms with E-state index in [1.54, 1.807) is 12.1 Å². The summed E-state index contributed by atoms with van der Waals surface area (Å²) >= 11 is 3.16. The molecule has 16 heavy (non-hydrogen) atoms. The number of phenolic OH excluding ortho intramolecular Hbond substituents is 1. The van der Waals surface area contributed by atoms with Crippen LogP contribution in [0.25, 0.3) is 0 Å². The first-order chi connectivity index (χ1) is 7.23. The zero-order valence-corrected chi connectivity index (χ0v) is 10.9. The highest BCUT2D eigenvalue weighted by molar-refractivity contribution is 9.10. The van der Waals surface area contributed by atoms with Crippen LogP contribution in [0, 0.1) is 0 Å². The Morgan fingerprint density at radius 2 is 1.94 bits per heavy atom. The lowest BCUT2D eigenvalue weighted by atomic mass is 10.1. The van der Waals surface area contributed by atoms with Crippen molar-refractivity contribution in [2.75, 3.05) is 4.90 Å². The number of hydrogen-bond acceptors (Lipinski definition) is 2. The molecule has 88 valence electrons. The lowest BCUT2D eigenvalue weighted by molar-refractivity contribution is 0.195. The van der Waals surface area contributed by atoms with Gasteiger partial charge in [-0.1, -0.05) is 0 Å². The molecular formula is C11H14BrNO3. The lowest BCUT2D eigenvalue weighted by Gasteiger charge is -2.33. The summed E-state index contributed by atoms with van der Waals surface area (Å²) in [5.74, 6) is 0.0861. The molecule has 1 aromatic rings. The van der Waals surface area contributed by atoms with E-state index in [1.165, 1.54) is 11.0 Å². The standard InChI is InChI=1S/C11H14BrNO3/c1-11(2,3)13(10(15)16)7-4-5-9(14)8(12)6-7/h4-6,14H,1-3H3,(H,15,16). The molecule has 0 saturated carbocycles. The molecule has 0 heterocycles. The van der Waals surface area contributed by atoms with E-state index in [2.05, 4.69) is 15.9 Å². The summed E-state index contributed by atoms with van der Waals surface area (Å²) in [5.41, 5.74) is -0.0212. The number of anilines is 1. The molecular weight excluding hydrogens is 274 g/mol. The van der Waals surface area contributed by atoms with Crippen LogP contribution in [0.3, 0.4) is 0 Å². The number of benzene rings is 1. The Morgan fingerprint density at radius 3 is 2.31 bits per heavy atom. The second kappa shape index (κ2) is 4.33. The summed E-state index contributed by atoms with van der Waals surface area (Å²) in [7, 11) is 0. The molecule has 1 aromatic carbocycles. The monoisotopic (exact) mass is 287 g/mol. The van der Waals surface area contributed by atoms with Crippen LogP contribution in [-0.4, -0.2) is 21.8 Å². The van der Waals surface area contributed by atoms with E-state index >= 15 is 0 Å². The zero-order valence-electron chi connectivity index (χ0n) is 9.36. The maximum absolute atomic E-state index is 11.2. The Hall–Kier alpha value is -1.23. The van der Waals surface area contributed by atoms with Gasteiger partial charge in [0.2, 0.25) is 0 Å². The van der Waals surface area contributed by atoms with Crippen LogP contribution in [-0.2, 0) is 0 Å². The summed E-state index contributed by atoms with van der Waals surface area (Å²) < 4.78 is 0.473. The van der Waals surface area contributed by atoms with Gasteiger partial charge in [0.25, 0.3) is 0 Å². The van der Waals surface area contributed by atoms with Gasteiger partial charge in [0.05, 0.1) is 4.47 Å². The predicted molar refractivity (Wildman–Crippen MR) is 66.1 cm³/mol. The lowest BCUT2D eigenvalue weighted by Crippen LogP contribution is -2.45. The van der Waals surface area contributed by atoms with Crippen molar-refractivity contribution in [2.45, 2.75) is 26.3 Å². The second-order valence-electron chi connectivity index (χ2n) is 4.42. The van der Waals surface area contributed by atoms with Crippen molar-refractivity contribution in [3.8, 4) is 5.75 Å². The van der Waals surface area contributed by atoms with Gasteiger partial charge >= 0.3 is 6.09 Å². The molecule has 5 heteroatoms. The maximum atomic E-state index is 11.2. The average molecular weight is 288 g/mol. The third-order valence-corrected chi connectivity index (χ3v) is 2.69. The minimum atomic E-state index is -1.02. The first-order valence-electron chi connectivity index (χ1n) is 4.75. The molecule has 0 aromatic heterocycles. The van der Waals surface area contributed by atoms with E-state index in [9.17, 15) is 15.0 Å². The summed E-state index contributed by atoms with van der Waals surface area (Å²) in [6.07, 6.45) is -1.02. The predicted octanol–water partition coefficient (Wildman–Crippen LogP) is 3.44. The van der Waals surface area contributed by atoms with E-state index in [1.807, 2.05) is 20.8 Å². The van der Waals surface area contributed by atoms with Gasteiger partial charge in [-0.15, -0.1) is 0 Å². The summed E-state index contributed by atoms with van der Waals surface area (Å²) in [4.78, 5) is 12.4. The van der Waals surface area contributed by atoms with Crippen LogP contribution in [0.4, 0.5) is 10.5 Å². The van der Waals surface area contributed by atoms with Crippen LogP contribution in [0.15, 0.2) is 22.7 Å². The fourth-order valence-corrected chi connectivity index (χ4v) is 1.79. The van der Waals surface area contributed by atoms with Gasteiger partial charge in [-0.2, -0.15) is 0 Å². The smallest absolute Gasteiger partial charge is 0.412 e. The minimum Gasteiger partial charge on any atom is -0.507 e. The fourth-order valence-electron chi connectivity index (χ4n) is 1.42. The van der Waals surface area contributed by atoms with Gasteiger partial charge < -0.3 is 10.2 Å². The highest BCUT2D eigenvalue weighted by atomic mass is 79.9. The molecule has 0 unspecified atom stereocenters. The third kappa shape index (κ3) is 2.66. The molecule has 0 fully saturated rings. The number of aromatic hydroxyl groups is 1. The molecule has 0 aliphatic rings. The number of phenols is 1. The van der Waals surface area contributed by atoms with E-state index in [0.29, 0.717) is 10.2 Å². The molecule has 0 aliphatic heterocycles. The Bertz CT molecular complexity index is 412. The molecule has 2 N–H and O–H groups in total. The minimum absolute atomic E-state index is 0.0861. The Kier molecular flexibility index (Phi) is 3.48. The molecule has 0 radical (unpaired) electrons. The van der Waals surface area contributed by atoms with Gasteiger partial charge in [0, 0.05) is 11.2 Å². The van der Waals surface area contributed by atoms with Crippen LogP contribution in [0.2, 0.25) is 0 Å². The Morgan fingerprint density at radius 1 is 1.38 bits per heavy atom. The van der Waals surface area contributed by atoms with Crippen molar-refractivity contribution >= 4 is 27.7 Å². The van der Waals surface area contributed by atoms with Gasteiger partial charge in [0.15, 0.2) is 0 Å². The van der Waals surface area contributed by atoms with Crippen molar-refractivity contribution in [1.29, 1.82) is 0 Å². The van der Waals surface area contributed by atoms with Gasteiger partial charge in [-0.05, 0) is 54.9 Å². The van der Waals surface area contributed by atoms with Gasteiger partial charge in [-0.25, -0.2) is 4.79 Å². The van der Waals surface area contributed by atoms with Crippen LogP contribution < -0.4 is 4.90 Å². The molecule has 1 rings (SSSR count). The Balaban J connectivity index is 3.22. The SMILES string of the molecule is CC(C)(C)N(C(=O)O)c1ccc(O)c(Br)c1. The van der Waals surface area contributed by atoms with Gasteiger partial charge in [0.1, 0.15) is 5.75 Å². The number of nitrogens with zero attached hydrogens (tertiary/aromatic N) is 1. The molecule has 0 atom stereocenters. The largest absolute Gasteiger partial charge is 0.507 e.